The molecule has 0 saturated carbocycles. The fraction of sp³-hybridized carbons (Fsp3) is 0. The van der Waals surface area contributed by atoms with E-state index in [0.717, 1.165) is 5.30 Å². The van der Waals surface area contributed by atoms with Crippen LogP contribution in [0.3, 0.4) is 0 Å². The first-order valence-electron chi connectivity index (χ1n) is 40.9. The van der Waals surface area contributed by atoms with Gasteiger partial charge in [-0.25, -0.2) is 0 Å². The van der Waals surface area contributed by atoms with Crippen molar-refractivity contribution < 1.29 is 0 Å². The fourth-order valence-corrected chi connectivity index (χ4v) is 48.6. The highest BCUT2D eigenvalue weighted by atomic mass is 32.4. The molecule has 0 bridgehead atoms. The topological polar surface area (TPSA) is 13.0 Å². The molecular weight excluding hydrogens is 1560 g/mol. The maximum Gasteiger partial charge on any atom is 0.184 e. The summed E-state index contributed by atoms with van der Waals surface area (Å²) in [5.74, 6) is 0. The Morgan fingerprint density at radius 1 is 0.168 bits per heavy atom. The normalized spacial score (nSPS) is 14.5. The van der Waals surface area contributed by atoms with Crippen molar-refractivity contribution in [3.8, 4) is 0 Å². The van der Waals surface area contributed by atoms with Gasteiger partial charge in [0, 0.05) is 56.1 Å². The van der Waals surface area contributed by atoms with Gasteiger partial charge in [0.2, 0.25) is 0 Å². The zero-order chi connectivity index (χ0) is 79.4. The molecule has 22 rings (SSSR count). The van der Waals surface area contributed by atoms with Gasteiger partial charge < -0.3 is 0 Å². The van der Waals surface area contributed by atoms with Crippen molar-refractivity contribution >= 4 is 198 Å². The van der Waals surface area contributed by atoms with Crippen LogP contribution in [0.1, 0.15) is 0 Å². The summed E-state index contributed by atoms with van der Waals surface area (Å²) in [5, 5.41) is 24.5. The number of rotatable bonds is 14. The zero-order valence-electron chi connectivity index (χ0n) is 65.4. The Balaban J connectivity index is 0.000000148. The monoisotopic (exact) mass is 1640 g/mol. The number of nitrogens with zero attached hydrogens (tertiary/aromatic N) is 4. The van der Waals surface area contributed by atoms with Crippen molar-refractivity contribution in [1.29, 1.82) is 0 Å². The van der Waals surface area contributed by atoms with Crippen molar-refractivity contribution in [2.75, 3.05) is 18.7 Å². The van der Waals surface area contributed by atoms with E-state index in [4.69, 9.17) is 11.8 Å². The Kier molecular flexibility index (Phi) is 19.1. The molecule has 119 heavy (non-hydrogen) atoms. The molecular formula is C108H82N4P2SSi4. The Morgan fingerprint density at radius 3 is 0.521 bits per heavy atom. The van der Waals surface area contributed by atoms with Gasteiger partial charge in [-0.1, -0.05) is 449 Å². The van der Waals surface area contributed by atoms with E-state index < -0.39 is 46.9 Å². The van der Waals surface area contributed by atoms with Crippen LogP contribution < -0.4 is 112 Å². The van der Waals surface area contributed by atoms with Crippen LogP contribution >= 0.6 is 14.6 Å². The van der Waals surface area contributed by atoms with Crippen LogP contribution in [-0.2, 0) is 11.8 Å². The van der Waals surface area contributed by atoms with Gasteiger partial charge in [-0.15, -0.1) is 0 Å². The number of fused-ring (bicyclic) bond motifs is 8. The summed E-state index contributed by atoms with van der Waals surface area (Å²) in [4.78, 5) is 0. The van der Waals surface area contributed by atoms with Crippen LogP contribution in [0, 0.1) is 0 Å². The lowest BCUT2D eigenvalue weighted by Gasteiger charge is -2.54. The molecule has 0 fully saturated rings. The highest BCUT2D eigenvalue weighted by molar-refractivity contribution is 8.20. The van der Waals surface area contributed by atoms with Crippen LogP contribution in [0.2, 0.25) is 0 Å². The zero-order valence-corrected chi connectivity index (χ0v) is 72.0. The van der Waals surface area contributed by atoms with Gasteiger partial charge in [0.25, 0.3) is 0 Å². The van der Waals surface area contributed by atoms with Gasteiger partial charge in [0.15, 0.2) is 38.6 Å². The van der Waals surface area contributed by atoms with E-state index in [-0.39, 0.29) is 0 Å². The van der Waals surface area contributed by atoms with Crippen molar-refractivity contribution in [3.63, 3.8) is 0 Å². The molecule has 0 atom stereocenters. The first-order chi connectivity index (χ1) is 59.0. The molecule has 0 N–H and O–H groups in total. The summed E-state index contributed by atoms with van der Waals surface area (Å²) in [7, 11) is -12.7. The van der Waals surface area contributed by atoms with E-state index in [1.54, 1.807) is 0 Å². The number of hydrogen-bond acceptors (Lipinski definition) is 3. The van der Waals surface area contributed by atoms with E-state index in [2.05, 4.69) is 516 Å². The molecule has 0 spiro atoms. The van der Waals surface area contributed by atoms with E-state index in [1.165, 1.54) is 134 Å². The summed E-state index contributed by atoms with van der Waals surface area (Å²) < 4.78 is 10.7. The first-order valence-corrected chi connectivity index (χ1v) is 52.9. The van der Waals surface area contributed by atoms with E-state index in [0.29, 0.717) is 0 Å². The molecule has 4 aliphatic heterocycles. The molecule has 0 aliphatic carbocycles. The molecule has 0 unspecified atom stereocenters. The number of benzene rings is 18. The highest BCUT2D eigenvalue weighted by Crippen LogP contribution is 2.64. The molecule has 18 aromatic rings. The molecule has 566 valence electrons. The number of anilines is 8. The second-order valence-electron chi connectivity index (χ2n) is 30.8. The van der Waals surface area contributed by atoms with Crippen LogP contribution in [-0.4, -0.2) is 32.3 Å². The minimum atomic E-state index is -3.09. The molecule has 4 nitrogen and oxygen atoms in total. The summed E-state index contributed by atoms with van der Waals surface area (Å²) >= 11 is 7.72. The third kappa shape index (κ3) is 11.4. The minimum absolute atomic E-state index is 1.14. The molecule has 0 amide bonds. The molecule has 4 heterocycles. The molecule has 18 aromatic carbocycles. The molecule has 0 radical (unpaired) electrons. The number of hydrogen-bond donors (Lipinski definition) is 0. The third-order valence-electron chi connectivity index (χ3n) is 24.9. The van der Waals surface area contributed by atoms with Gasteiger partial charge >= 0.3 is 0 Å². The standard InChI is InChI=1S/C54H41N2PSSi2.C54H41N2PSi2/c58-57(42-24-6-1-7-25-42,55-47-34-16-20-38-51(47)59(43-26-8-2-9-27-43,44-28-10-3-11-29-44)52-39-21-17-35-48(52)55)56-49-36-18-22-40-53(49)60(45-30-12-4-13-31-45,46-32-14-5-15-33-46)54-41-23-19-37-50(54)56;1-6-24-42(25-7-1)57(55-47-34-16-20-38-51(47)58(43-26-8-2-9-27-43,44-28-10-3-11-29-44)52-39-21-17-35-48(52)55)56-49-36-18-22-40-53(49)59(45-30-12-4-13-31-45,46-32-14-5-15-33-46)54-41-23-19-37-50(54)56/h1-41H;1-41H. The first kappa shape index (κ1) is 73.7. The summed E-state index contributed by atoms with van der Waals surface area (Å²) in [6, 6.07) is 187. The second-order valence-corrected chi connectivity index (χ2v) is 51.6. The molecule has 4 aliphatic rings. The minimum Gasteiger partial charge on any atom is -0.299 e. The Hall–Kier alpha value is -12.9. The van der Waals surface area contributed by atoms with Gasteiger partial charge in [-0.2, -0.15) is 0 Å². The fourth-order valence-electron chi connectivity index (χ4n) is 20.4. The summed E-state index contributed by atoms with van der Waals surface area (Å²) in [6.45, 7) is 0. The van der Waals surface area contributed by atoms with Crippen LogP contribution in [0.15, 0.2) is 497 Å². The van der Waals surface area contributed by atoms with Crippen molar-refractivity contribution in [3.05, 3.63) is 497 Å². The summed E-state index contributed by atoms with van der Waals surface area (Å²) in [5.41, 5.74) is 9.81. The maximum atomic E-state index is 7.72. The second kappa shape index (κ2) is 30.9. The SMILES string of the molecule is S=P(c1ccccc1)(N1c2ccccc2[Si](c2ccccc2)(c2ccccc2)c2ccccc21)N1c2ccccc2[Si](c2ccccc2)(c2ccccc2)c2ccccc21.c1ccc(P(N2c3ccccc3[Si](c3ccccc3)(c3ccccc3)c3ccccc32)N2c3ccccc3[Si](c3ccccc3)(c3ccccc3)c3ccccc32)cc1. The molecule has 11 heteroatoms. The van der Waals surface area contributed by atoms with Gasteiger partial charge in [0.05, 0.1) is 0 Å². The van der Waals surface area contributed by atoms with Gasteiger partial charge in [-0.3, -0.25) is 18.7 Å². The predicted molar refractivity (Wildman–Crippen MR) is 522 cm³/mol. The van der Waals surface area contributed by atoms with Crippen molar-refractivity contribution in [2.45, 2.75) is 0 Å². The lowest BCUT2D eigenvalue weighted by atomic mass is 10.2. The van der Waals surface area contributed by atoms with Crippen molar-refractivity contribution in [2.24, 2.45) is 0 Å². The highest BCUT2D eigenvalue weighted by Gasteiger charge is 2.58. The number of para-hydroxylation sites is 8. The third-order valence-corrected chi connectivity index (χ3v) is 51.3. The van der Waals surface area contributed by atoms with Crippen LogP contribution in [0.5, 0.6) is 0 Å². The Morgan fingerprint density at radius 2 is 0.319 bits per heavy atom. The van der Waals surface area contributed by atoms with Crippen LogP contribution in [0.4, 0.5) is 45.5 Å². The van der Waals surface area contributed by atoms with Crippen molar-refractivity contribution in [1.82, 2.24) is 0 Å². The largest absolute Gasteiger partial charge is 0.299 e. The van der Waals surface area contributed by atoms with Gasteiger partial charge in [-0.05, 0) is 143 Å². The van der Waals surface area contributed by atoms with E-state index in [9.17, 15) is 0 Å². The molecule has 0 aromatic heterocycles. The van der Waals surface area contributed by atoms with E-state index in [1.807, 2.05) is 0 Å². The smallest absolute Gasteiger partial charge is 0.184 e. The Bertz CT molecular complexity index is 6050. The molecule has 0 saturated heterocycles. The maximum absolute atomic E-state index is 7.72. The van der Waals surface area contributed by atoms with Gasteiger partial charge in [0.1, 0.15) is 8.22 Å². The lowest BCUT2D eigenvalue weighted by molar-refractivity contribution is 1.34. The quantitative estimate of drug-likeness (QED) is 0.0792. The average Bonchev–Trinajstić information content (AvgIpc) is 0.679. The van der Waals surface area contributed by atoms with E-state index >= 15 is 0 Å². The predicted octanol–water partition coefficient (Wildman–Crippen LogP) is 15.4. The summed E-state index contributed by atoms with van der Waals surface area (Å²) in [6.07, 6.45) is -3.09. The average molecular weight is 1640 g/mol. The Labute approximate surface area is 708 Å². The van der Waals surface area contributed by atoms with Crippen LogP contribution in [0.25, 0.3) is 0 Å². The lowest BCUT2D eigenvalue weighted by Crippen LogP contribution is -2.78.